The zero-order valence-corrected chi connectivity index (χ0v) is 13.8. The van der Waals surface area contributed by atoms with Gasteiger partial charge in [0.15, 0.2) is 0 Å². The van der Waals surface area contributed by atoms with E-state index in [1.165, 1.54) is 0 Å². The predicted octanol–water partition coefficient (Wildman–Crippen LogP) is -5.91. The normalized spacial score (nSPS) is 51.9. The maximum absolute atomic E-state index is 10.7. The molecule has 2 heterocycles. The second kappa shape index (κ2) is 7.16. The van der Waals surface area contributed by atoms with Gasteiger partial charge in [-0.15, -0.1) is 0 Å². The van der Waals surface area contributed by atoms with Crippen LogP contribution in [0.3, 0.4) is 0 Å². The monoisotopic (exact) mass is 386 g/mol. The summed E-state index contributed by atoms with van der Waals surface area (Å²) < 4.78 is 9.80. The van der Waals surface area contributed by atoms with Crippen molar-refractivity contribution in [3.05, 3.63) is 0 Å². The van der Waals surface area contributed by atoms with Crippen molar-refractivity contribution < 1.29 is 60.5 Å². The van der Waals surface area contributed by atoms with Crippen LogP contribution in [0.4, 0.5) is 0 Å². The molecule has 2 rings (SSSR count). The Labute approximate surface area is 148 Å². The van der Waals surface area contributed by atoms with Gasteiger partial charge in [-0.2, -0.15) is 0 Å². The lowest BCUT2D eigenvalue weighted by Crippen LogP contribution is -2.63. The highest BCUT2D eigenvalue weighted by molar-refractivity contribution is 5.12. The van der Waals surface area contributed by atoms with Gasteiger partial charge in [0.2, 0.25) is 11.6 Å². The molecule has 0 aromatic rings. The smallest absolute Gasteiger partial charge is 0.222 e. The molecule has 0 bridgehead atoms. The number of ether oxygens (including phenoxy) is 2. The molecule has 2 aliphatic heterocycles. The molecule has 2 aliphatic rings. The van der Waals surface area contributed by atoms with E-state index >= 15 is 0 Å². The molecule has 10 N–H and O–H groups in total. The standard InChI is InChI=1S/C14H26O12/c15-3-7-9(19)11(21,13(23,5-17)25-7)1-2-12(22)10(20)8(4-16)26-14(12,24)6-18/h7-10,15-24H,1-6H2/t7-,8-,9+,10+,11+,12+,13?,14?/m0/s1. The van der Waals surface area contributed by atoms with Crippen LogP contribution in [0.5, 0.6) is 0 Å². The van der Waals surface area contributed by atoms with Crippen molar-refractivity contribution >= 4 is 0 Å². The van der Waals surface area contributed by atoms with Gasteiger partial charge in [-0.3, -0.25) is 0 Å². The van der Waals surface area contributed by atoms with Gasteiger partial charge >= 0.3 is 0 Å². The first-order valence-electron chi connectivity index (χ1n) is 8.03. The van der Waals surface area contributed by atoms with E-state index in [4.69, 9.17) is 19.7 Å². The zero-order valence-electron chi connectivity index (χ0n) is 13.8. The minimum Gasteiger partial charge on any atom is -0.394 e. The topological polar surface area (TPSA) is 221 Å². The molecular weight excluding hydrogens is 360 g/mol. The maximum atomic E-state index is 10.7. The van der Waals surface area contributed by atoms with Crippen LogP contribution in [0.1, 0.15) is 12.8 Å². The second-order valence-corrected chi connectivity index (χ2v) is 6.80. The first kappa shape index (κ1) is 21.8. The van der Waals surface area contributed by atoms with Gasteiger partial charge in [0.25, 0.3) is 0 Å². The average Bonchev–Trinajstić information content (AvgIpc) is 2.96. The highest BCUT2D eigenvalue weighted by Gasteiger charge is 2.68. The third kappa shape index (κ3) is 2.87. The summed E-state index contributed by atoms with van der Waals surface area (Å²) in [6.45, 7) is -3.93. The van der Waals surface area contributed by atoms with Crippen LogP contribution >= 0.6 is 0 Å². The van der Waals surface area contributed by atoms with Gasteiger partial charge < -0.3 is 60.5 Å². The molecule has 154 valence electrons. The summed E-state index contributed by atoms with van der Waals surface area (Å²) in [6, 6.07) is 0. The molecule has 2 unspecified atom stereocenters. The van der Waals surface area contributed by atoms with E-state index in [1.807, 2.05) is 0 Å². The second-order valence-electron chi connectivity index (χ2n) is 6.80. The lowest BCUT2D eigenvalue weighted by molar-refractivity contribution is -0.302. The van der Waals surface area contributed by atoms with Crippen LogP contribution < -0.4 is 0 Å². The van der Waals surface area contributed by atoms with Gasteiger partial charge in [-0.25, -0.2) is 0 Å². The third-order valence-corrected chi connectivity index (χ3v) is 5.40. The highest BCUT2D eigenvalue weighted by Crippen LogP contribution is 2.46. The molecular formula is C14H26O12. The van der Waals surface area contributed by atoms with Gasteiger partial charge in [0.1, 0.15) is 48.8 Å². The van der Waals surface area contributed by atoms with Crippen molar-refractivity contribution in [1.82, 2.24) is 0 Å². The van der Waals surface area contributed by atoms with Gasteiger partial charge in [0.05, 0.1) is 13.2 Å². The van der Waals surface area contributed by atoms with Crippen LogP contribution in [0.2, 0.25) is 0 Å². The summed E-state index contributed by atoms with van der Waals surface area (Å²) in [5.74, 6) is -5.40. The Morgan fingerprint density at radius 2 is 0.923 bits per heavy atom. The molecule has 0 spiro atoms. The molecule has 12 heteroatoms. The molecule has 0 aromatic heterocycles. The molecule has 2 fully saturated rings. The van der Waals surface area contributed by atoms with E-state index in [0.29, 0.717) is 0 Å². The van der Waals surface area contributed by atoms with Crippen LogP contribution in [0.25, 0.3) is 0 Å². The number of hydrogen-bond acceptors (Lipinski definition) is 12. The minimum absolute atomic E-state index is 0.751. The summed E-state index contributed by atoms with van der Waals surface area (Å²) in [7, 11) is 0. The van der Waals surface area contributed by atoms with E-state index in [2.05, 4.69) is 0 Å². The van der Waals surface area contributed by atoms with Crippen molar-refractivity contribution in [2.45, 2.75) is 60.0 Å². The Kier molecular flexibility index (Phi) is 6.01. The van der Waals surface area contributed by atoms with Gasteiger partial charge in [0, 0.05) is 0 Å². The molecule has 0 radical (unpaired) electrons. The molecule has 0 amide bonds. The first-order chi connectivity index (χ1) is 12.0. The molecule has 0 aromatic carbocycles. The average molecular weight is 386 g/mol. The number of hydrogen-bond donors (Lipinski definition) is 10. The number of rotatable bonds is 7. The molecule has 12 nitrogen and oxygen atoms in total. The lowest BCUT2D eigenvalue weighted by atomic mass is 9.76. The molecule has 26 heavy (non-hydrogen) atoms. The summed E-state index contributed by atoms with van der Waals surface area (Å²) >= 11 is 0. The Morgan fingerprint density at radius 1 is 0.615 bits per heavy atom. The van der Waals surface area contributed by atoms with Crippen molar-refractivity contribution in [3.8, 4) is 0 Å². The van der Waals surface area contributed by atoms with Crippen LogP contribution in [0.15, 0.2) is 0 Å². The van der Waals surface area contributed by atoms with Crippen LogP contribution in [-0.2, 0) is 9.47 Å². The first-order valence-corrected chi connectivity index (χ1v) is 8.03. The van der Waals surface area contributed by atoms with Crippen molar-refractivity contribution in [2.75, 3.05) is 26.4 Å². The van der Waals surface area contributed by atoms with Crippen molar-refractivity contribution in [1.29, 1.82) is 0 Å². The van der Waals surface area contributed by atoms with E-state index < -0.39 is 86.5 Å². The third-order valence-electron chi connectivity index (χ3n) is 5.40. The fourth-order valence-corrected chi connectivity index (χ4v) is 3.60. The largest absolute Gasteiger partial charge is 0.394 e. The maximum Gasteiger partial charge on any atom is 0.222 e. The van der Waals surface area contributed by atoms with E-state index in [0.717, 1.165) is 0 Å². The summed E-state index contributed by atoms with van der Waals surface area (Å²) in [4.78, 5) is 0. The predicted molar refractivity (Wildman–Crippen MR) is 79.1 cm³/mol. The zero-order chi connectivity index (χ0) is 20.0. The highest BCUT2D eigenvalue weighted by atomic mass is 16.7. The Bertz CT molecular complexity index is 462. The van der Waals surface area contributed by atoms with Crippen molar-refractivity contribution in [3.63, 3.8) is 0 Å². The Hall–Kier alpha value is -0.480. The Balaban J connectivity index is 2.29. The molecule has 2 saturated heterocycles. The van der Waals surface area contributed by atoms with Crippen molar-refractivity contribution in [2.24, 2.45) is 0 Å². The summed E-state index contributed by atoms with van der Waals surface area (Å²) in [5.41, 5.74) is -5.20. The van der Waals surface area contributed by atoms with Crippen LogP contribution in [0, 0.1) is 0 Å². The molecule has 0 aliphatic carbocycles. The summed E-state index contributed by atoms with van der Waals surface area (Å²) in [5, 5.41) is 99.2. The van der Waals surface area contributed by atoms with E-state index in [1.54, 1.807) is 0 Å². The van der Waals surface area contributed by atoms with Crippen LogP contribution in [-0.4, -0.2) is 125 Å². The quantitative estimate of drug-likeness (QED) is 0.198. The number of aliphatic hydroxyl groups is 10. The van der Waals surface area contributed by atoms with Gasteiger partial charge in [-0.1, -0.05) is 0 Å². The SMILES string of the molecule is OC[C@@H]1OC(O)(CO)[C@@](O)(CC[C@@]2(O)[C@H](O)[C@H](CO)OC2(O)CO)[C@@H]1O. The summed E-state index contributed by atoms with van der Waals surface area (Å²) in [6.07, 6.45) is -8.16. The minimum atomic E-state index is -2.70. The fraction of sp³-hybridized carbons (Fsp3) is 1.00. The molecule has 8 atom stereocenters. The lowest BCUT2D eigenvalue weighted by Gasteiger charge is -2.41. The van der Waals surface area contributed by atoms with E-state index in [9.17, 15) is 40.9 Å². The molecule has 0 saturated carbocycles. The van der Waals surface area contributed by atoms with Gasteiger partial charge in [-0.05, 0) is 12.8 Å². The fourth-order valence-electron chi connectivity index (χ4n) is 3.60. The number of aliphatic hydroxyl groups excluding tert-OH is 6. The Morgan fingerprint density at radius 3 is 1.15 bits per heavy atom. The van der Waals surface area contributed by atoms with E-state index in [-0.39, 0.29) is 0 Å².